The standard InChI is InChI=1S/C15H18Cl3NO5/c1-8-10(20)11(21)12(22)14(23-8,24-13(19)15(16,17)18)7-9-5-3-2-4-6-9/h2-6,8,10-12,19-22H,7H2,1H3/t8-,10+,11+,12-,14-/m0/s1. The number of rotatable bonds is 3. The Hall–Kier alpha value is -0.600. The van der Waals surface area contributed by atoms with Gasteiger partial charge in [0.2, 0.25) is 11.7 Å². The second-order valence-corrected chi connectivity index (χ2v) is 7.93. The Bertz CT molecular complexity index is 582. The normalized spacial score (nSPS) is 34.0. The van der Waals surface area contributed by atoms with Gasteiger partial charge in [-0.05, 0) is 12.5 Å². The van der Waals surface area contributed by atoms with Crippen LogP contribution < -0.4 is 0 Å². The summed E-state index contributed by atoms with van der Waals surface area (Å²) in [5.74, 6) is -2.65. The number of halogens is 3. The van der Waals surface area contributed by atoms with Gasteiger partial charge in [-0.2, -0.15) is 0 Å². The number of hydrogen-bond donors (Lipinski definition) is 4. The molecule has 0 bridgehead atoms. The van der Waals surface area contributed by atoms with E-state index in [9.17, 15) is 15.3 Å². The van der Waals surface area contributed by atoms with Gasteiger partial charge in [-0.1, -0.05) is 65.1 Å². The van der Waals surface area contributed by atoms with Crippen LogP contribution in [0.4, 0.5) is 0 Å². The second-order valence-electron chi connectivity index (χ2n) is 5.65. The number of ether oxygens (including phenoxy) is 2. The zero-order valence-corrected chi connectivity index (χ0v) is 15.0. The van der Waals surface area contributed by atoms with Crippen molar-refractivity contribution in [1.29, 1.82) is 5.41 Å². The topological polar surface area (TPSA) is 103 Å². The van der Waals surface area contributed by atoms with E-state index in [1.807, 2.05) is 0 Å². The van der Waals surface area contributed by atoms with Gasteiger partial charge in [0.15, 0.2) is 0 Å². The fraction of sp³-hybridized carbons (Fsp3) is 0.533. The molecule has 0 saturated carbocycles. The van der Waals surface area contributed by atoms with Gasteiger partial charge < -0.3 is 24.8 Å². The highest BCUT2D eigenvalue weighted by Crippen LogP contribution is 2.38. The average Bonchev–Trinajstić information content (AvgIpc) is 2.51. The smallest absolute Gasteiger partial charge is 0.265 e. The molecule has 2 rings (SSSR count). The average molecular weight is 399 g/mol. The number of hydrogen-bond acceptors (Lipinski definition) is 6. The lowest BCUT2D eigenvalue weighted by Gasteiger charge is -2.48. The van der Waals surface area contributed by atoms with Crippen LogP contribution >= 0.6 is 34.8 Å². The third-order valence-electron chi connectivity index (χ3n) is 3.82. The van der Waals surface area contributed by atoms with Crippen molar-refractivity contribution in [3.05, 3.63) is 35.9 Å². The lowest BCUT2D eigenvalue weighted by Crippen LogP contribution is -2.66. The lowest BCUT2D eigenvalue weighted by molar-refractivity contribution is -0.335. The summed E-state index contributed by atoms with van der Waals surface area (Å²) in [6, 6.07) is 8.85. The van der Waals surface area contributed by atoms with E-state index in [4.69, 9.17) is 49.7 Å². The Balaban J connectivity index is 2.39. The minimum Gasteiger partial charge on any atom is -0.442 e. The van der Waals surface area contributed by atoms with Crippen molar-refractivity contribution in [2.75, 3.05) is 0 Å². The summed E-state index contributed by atoms with van der Waals surface area (Å²) in [7, 11) is 0. The van der Waals surface area contributed by atoms with E-state index < -0.39 is 39.9 Å². The van der Waals surface area contributed by atoms with Crippen LogP contribution in [0.25, 0.3) is 0 Å². The fourth-order valence-electron chi connectivity index (χ4n) is 2.56. The highest BCUT2D eigenvalue weighted by atomic mass is 35.6. The molecule has 0 radical (unpaired) electrons. The van der Waals surface area contributed by atoms with Crippen LogP contribution in [-0.2, 0) is 15.9 Å². The van der Waals surface area contributed by atoms with Gasteiger partial charge in [-0.15, -0.1) is 0 Å². The molecule has 6 nitrogen and oxygen atoms in total. The van der Waals surface area contributed by atoms with Crippen molar-refractivity contribution in [2.24, 2.45) is 0 Å². The summed E-state index contributed by atoms with van der Waals surface area (Å²) >= 11 is 16.9. The van der Waals surface area contributed by atoms with Crippen LogP contribution in [-0.4, -0.2) is 55.2 Å². The van der Waals surface area contributed by atoms with Crippen LogP contribution in [0.5, 0.6) is 0 Å². The van der Waals surface area contributed by atoms with E-state index in [2.05, 4.69) is 0 Å². The predicted octanol–water partition coefficient (Wildman–Crippen LogP) is 1.79. The largest absolute Gasteiger partial charge is 0.442 e. The van der Waals surface area contributed by atoms with Crippen LogP contribution in [0.2, 0.25) is 0 Å². The van der Waals surface area contributed by atoms with E-state index >= 15 is 0 Å². The minimum absolute atomic E-state index is 0.0355. The monoisotopic (exact) mass is 397 g/mol. The first-order chi connectivity index (χ1) is 11.1. The third-order valence-corrected chi connectivity index (χ3v) is 4.33. The number of aliphatic hydroxyl groups excluding tert-OH is 3. The van der Waals surface area contributed by atoms with Crippen molar-refractivity contribution >= 4 is 40.7 Å². The van der Waals surface area contributed by atoms with Gasteiger partial charge in [0.1, 0.15) is 18.3 Å². The number of nitrogens with one attached hydrogen (secondary N) is 1. The van der Waals surface area contributed by atoms with Gasteiger partial charge >= 0.3 is 0 Å². The molecule has 1 saturated heterocycles. The number of alkyl halides is 3. The van der Waals surface area contributed by atoms with E-state index in [1.54, 1.807) is 30.3 Å². The van der Waals surface area contributed by atoms with Crippen LogP contribution in [0, 0.1) is 5.41 Å². The van der Waals surface area contributed by atoms with Crippen molar-refractivity contribution in [3.63, 3.8) is 0 Å². The first-order valence-corrected chi connectivity index (χ1v) is 8.31. The Kier molecular flexibility index (Phi) is 6.03. The van der Waals surface area contributed by atoms with Crippen molar-refractivity contribution < 1.29 is 24.8 Å². The molecule has 0 spiro atoms. The number of aliphatic hydroxyl groups is 3. The molecule has 0 aliphatic carbocycles. The quantitative estimate of drug-likeness (QED) is 0.353. The third kappa shape index (κ3) is 4.14. The van der Waals surface area contributed by atoms with Crippen LogP contribution in [0.3, 0.4) is 0 Å². The van der Waals surface area contributed by atoms with Gasteiger partial charge in [-0.3, -0.25) is 5.41 Å². The summed E-state index contributed by atoms with van der Waals surface area (Å²) in [4.78, 5) is 0. The Morgan fingerprint density at radius 2 is 1.79 bits per heavy atom. The summed E-state index contributed by atoms with van der Waals surface area (Å²) in [6.45, 7) is 1.50. The molecule has 0 unspecified atom stereocenters. The maximum absolute atomic E-state index is 10.5. The SMILES string of the molecule is C[C@@H]1O[C@@](Cc2ccccc2)(OC(=N)C(Cl)(Cl)Cl)[C@@H](O)[C@H](O)[C@@H]1O. The molecule has 1 aromatic carbocycles. The summed E-state index contributed by atoms with van der Waals surface area (Å²) in [5, 5.41) is 38.3. The minimum atomic E-state index is -2.17. The first-order valence-electron chi connectivity index (χ1n) is 7.17. The van der Waals surface area contributed by atoms with Crippen LogP contribution in [0.1, 0.15) is 12.5 Å². The van der Waals surface area contributed by atoms with Crippen molar-refractivity contribution in [3.8, 4) is 0 Å². The molecular weight excluding hydrogens is 381 g/mol. The molecule has 134 valence electrons. The van der Waals surface area contributed by atoms with Gasteiger partial charge in [0.25, 0.3) is 3.79 Å². The van der Waals surface area contributed by atoms with Crippen molar-refractivity contribution in [2.45, 2.75) is 47.3 Å². The van der Waals surface area contributed by atoms with E-state index in [-0.39, 0.29) is 6.42 Å². The molecule has 24 heavy (non-hydrogen) atoms. The van der Waals surface area contributed by atoms with E-state index in [0.717, 1.165) is 0 Å². The Morgan fingerprint density at radius 1 is 1.21 bits per heavy atom. The molecular formula is C15H18Cl3NO5. The zero-order valence-electron chi connectivity index (χ0n) is 12.7. The molecule has 1 aliphatic heterocycles. The van der Waals surface area contributed by atoms with E-state index in [0.29, 0.717) is 5.56 Å². The molecule has 0 amide bonds. The van der Waals surface area contributed by atoms with Gasteiger partial charge in [0.05, 0.1) is 6.10 Å². The second kappa shape index (κ2) is 7.33. The number of benzene rings is 1. The maximum Gasteiger partial charge on any atom is 0.265 e. The molecule has 0 aromatic heterocycles. The van der Waals surface area contributed by atoms with Crippen LogP contribution in [0.15, 0.2) is 30.3 Å². The fourth-order valence-corrected chi connectivity index (χ4v) is 2.67. The maximum atomic E-state index is 10.5. The molecule has 5 atom stereocenters. The molecule has 4 N–H and O–H groups in total. The molecule has 1 heterocycles. The molecule has 1 aromatic rings. The molecule has 9 heteroatoms. The Labute approximate surface area is 154 Å². The Morgan fingerprint density at radius 3 is 2.33 bits per heavy atom. The zero-order chi connectivity index (χ0) is 18.1. The van der Waals surface area contributed by atoms with Gasteiger partial charge in [0, 0.05) is 6.42 Å². The molecule has 1 aliphatic rings. The lowest BCUT2D eigenvalue weighted by atomic mass is 9.89. The first kappa shape index (κ1) is 19.7. The summed E-state index contributed by atoms with van der Waals surface area (Å²) < 4.78 is 8.86. The highest BCUT2D eigenvalue weighted by Gasteiger charge is 2.55. The predicted molar refractivity (Wildman–Crippen MR) is 90.5 cm³/mol. The molecule has 1 fully saturated rings. The summed E-state index contributed by atoms with van der Waals surface area (Å²) in [5.41, 5.74) is 0.699. The van der Waals surface area contributed by atoms with E-state index in [1.165, 1.54) is 6.92 Å². The highest BCUT2D eigenvalue weighted by molar-refractivity contribution is 6.76. The van der Waals surface area contributed by atoms with Crippen molar-refractivity contribution in [1.82, 2.24) is 0 Å². The van der Waals surface area contributed by atoms with Gasteiger partial charge in [-0.25, -0.2) is 0 Å². The summed E-state index contributed by atoms with van der Waals surface area (Å²) in [6.07, 6.45) is -5.46.